The number of hydrogen-bond donors (Lipinski definition) is 2. The molecule has 0 aliphatic heterocycles. The van der Waals surface area contributed by atoms with Crippen LogP contribution in [0.15, 0.2) is 18.2 Å². The first-order valence-corrected chi connectivity index (χ1v) is 6.35. The average molecular weight is 253 g/mol. The van der Waals surface area contributed by atoms with Crippen molar-refractivity contribution in [2.75, 3.05) is 11.1 Å². The van der Waals surface area contributed by atoms with Crippen molar-refractivity contribution in [2.45, 2.75) is 26.2 Å². The standard InChI is InChI=1S/C13H16FNOS/c1-9-3-2-4-10(12(9)14)15-11(16)7-13(8-17)5-6-13/h2-4,17H,5-8H2,1H3,(H,15,16). The van der Waals surface area contributed by atoms with Crippen LogP contribution in [0.5, 0.6) is 0 Å². The lowest BCUT2D eigenvalue weighted by molar-refractivity contribution is -0.117. The molecule has 2 rings (SSSR count). The fourth-order valence-electron chi connectivity index (χ4n) is 1.85. The minimum Gasteiger partial charge on any atom is -0.324 e. The molecule has 17 heavy (non-hydrogen) atoms. The number of amides is 1. The molecule has 0 saturated heterocycles. The molecule has 1 saturated carbocycles. The van der Waals surface area contributed by atoms with Crippen LogP contribution in [0.25, 0.3) is 0 Å². The van der Waals surface area contributed by atoms with Crippen LogP contribution in [0, 0.1) is 18.2 Å². The van der Waals surface area contributed by atoms with E-state index < -0.39 is 0 Å². The van der Waals surface area contributed by atoms with E-state index in [4.69, 9.17) is 0 Å². The molecule has 0 bridgehead atoms. The lowest BCUT2D eigenvalue weighted by Gasteiger charge is -2.12. The smallest absolute Gasteiger partial charge is 0.225 e. The van der Waals surface area contributed by atoms with E-state index in [1.165, 1.54) is 0 Å². The van der Waals surface area contributed by atoms with Gasteiger partial charge in [-0.05, 0) is 42.6 Å². The zero-order valence-corrected chi connectivity index (χ0v) is 10.7. The Kier molecular flexibility index (Phi) is 3.43. The van der Waals surface area contributed by atoms with Gasteiger partial charge in [0.2, 0.25) is 5.91 Å². The summed E-state index contributed by atoms with van der Waals surface area (Å²) in [5, 5.41) is 2.63. The highest BCUT2D eigenvalue weighted by molar-refractivity contribution is 7.80. The summed E-state index contributed by atoms with van der Waals surface area (Å²) >= 11 is 4.25. The molecule has 0 spiro atoms. The number of rotatable bonds is 4. The number of hydrogen-bond acceptors (Lipinski definition) is 2. The number of carbonyl (C=O) groups is 1. The van der Waals surface area contributed by atoms with Gasteiger partial charge in [-0.2, -0.15) is 12.6 Å². The van der Waals surface area contributed by atoms with Gasteiger partial charge in [-0.1, -0.05) is 12.1 Å². The molecule has 1 N–H and O–H groups in total. The summed E-state index contributed by atoms with van der Waals surface area (Å²) < 4.78 is 13.7. The molecule has 0 unspecified atom stereocenters. The van der Waals surface area contributed by atoms with Gasteiger partial charge in [0.25, 0.3) is 0 Å². The minimum absolute atomic E-state index is 0.0630. The van der Waals surface area contributed by atoms with Gasteiger partial charge in [0.1, 0.15) is 5.82 Å². The van der Waals surface area contributed by atoms with Crippen LogP contribution in [-0.2, 0) is 4.79 Å². The van der Waals surface area contributed by atoms with Gasteiger partial charge in [0.15, 0.2) is 0 Å². The Morgan fingerprint density at radius 2 is 2.24 bits per heavy atom. The van der Waals surface area contributed by atoms with Crippen LogP contribution in [0.2, 0.25) is 0 Å². The maximum Gasteiger partial charge on any atom is 0.225 e. The zero-order valence-electron chi connectivity index (χ0n) is 9.79. The van der Waals surface area contributed by atoms with Crippen LogP contribution in [0.3, 0.4) is 0 Å². The summed E-state index contributed by atoms with van der Waals surface area (Å²) in [4.78, 5) is 11.8. The number of anilines is 1. The highest BCUT2D eigenvalue weighted by Crippen LogP contribution is 2.49. The van der Waals surface area contributed by atoms with Crippen molar-refractivity contribution in [1.29, 1.82) is 0 Å². The van der Waals surface area contributed by atoms with Gasteiger partial charge in [0, 0.05) is 6.42 Å². The van der Waals surface area contributed by atoms with Crippen LogP contribution >= 0.6 is 12.6 Å². The Bertz CT molecular complexity index is 443. The number of aryl methyl sites for hydroxylation is 1. The Hall–Kier alpha value is -1.03. The van der Waals surface area contributed by atoms with E-state index in [-0.39, 0.29) is 22.8 Å². The van der Waals surface area contributed by atoms with Crippen LogP contribution in [-0.4, -0.2) is 11.7 Å². The maximum absolute atomic E-state index is 13.7. The van der Waals surface area contributed by atoms with Crippen molar-refractivity contribution in [1.82, 2.24) is 0 Å². The number of halogens is 1. The highest BCUT2D eigenvalue weighted by Gasteiger charge is 2.42. The monoisotopic (exact) mass is 253 g/mol. The van der Waals surface area contributed by atoms with Gasteiger partial charge < -0.3 is 5.32 Å². The predicted octanol–water partition coefficient (Wildman–Crippen LogP) is 3.17. The molecular formula is C13H16FNOS. The summed E-state index contributed by atoms with van der Waals surface area (Å²) in [5.41, 5.74) is 0.871. The van der Waals surface area contributed by atoms with Crippen molar-refractivity contribution in [3.8, 4) is 0 Å². The van der Waals surface area contributed by atoms with Gasteiger partial charge in [-0.3, -0.25) is 4.79 Å². The maximum atomic E-state index is 13.7. The predicted molar refractivity (Wildman–Crippen MR) is 69.9 cm³/mol. The Balaban J connectivity index is 2.01. The quantitative estimate of drug-likeness (QED) is 0.793. The normalized spacial score (nSPS) is 16.6. The Morgan fingerprint density at radius 3 is 2.82 bits per heavy atom. The summed E-state index contributed by atoms with van der Waals surface area (Å²) in [6.45, 7) is 1.68. The molecule has 1 aliphatic rings. The highest BCUT2D eigenvalue weighted by atomic mass is 32.1. The number of benzene rings is 1. The summed E-state index contributed by atoms with van der Waals surface area (Å²) in [6, 6.07) is 5.00. The summed E-state index contributed by atoms with van der Waals surface area (Å²) in [5.74, 6) is 0.245. The van der Waals surface area contributed by atoms with Gasteiger partial charge in [0.05, 0.1) is 5.69 Å². The van der Waals surface area contributed by atoms with Crippen LogP contribution in [0.1, 0.15) is 24.8 Å². The van der Waals surface area contributed by atoms with E-state index in [9.17, 15) is 9.18 Å². The van der Waals surface area contributed by atoms with Crippen LogP contribution in [0.4, 0.5) is 10.1 Å². The van der Waals surface area contributed by atoms with Gasteiger partial charge >= 0.3 is 0 Å². The van der Waals surface area contributed by atoms with E-state index in [0.717, 1.165) is 18.6 Å². The molecule has 0 radical (unpaired) electrons. The fourth-order valence-corrected chi connectivity index (χ4v) is 2.27. The van der Waals surface area contributed by atoms with Crippen LogP contribution < -0.4 is 5.32 Å². The molecule has 0 atom stereocenters. The largest absolute Gasteiger partial charge is 0.324 e. The van der Waals surface area contributed by atoms with E-state index in [1.54, 1.807) is 25.1 Å². The molecule has 4 heteroatoms. The summed E-state index contributed by atoms with van der Waals surface area (Å²) in [6.07, 6.45) is 2.52. The van der Waals surface area contributed by atoms with Gasteiger partial charge in [-0.15, -0.1) is 0 Å². The molecule has 1 aliphatic carbocycles. The second-order valence-corrected chi connectivity index (χ2v) is 5.14. The lowest BCUT2D eigenvalue weighted by Crippen LogP contribution is -2.19. The first kappa shape index (κ1) is 12.4. The van der Waals surface area contributed by atoms with Crippen molar-refractivity contribution >= 4 is 24.2 Å². The van der Waals surface area contributed by atoms with Crippen molar-refractivity contribution in [3.63, 3.8) is 0 Å². The Morgan fingerprint density at radius 1 is 1.53 bits per heavy atom. The molecule has 1 fully saturated rings. The SMILES string of the molecule is Cc1cccc(NC(=O)CC2(CS)CC2)c1F. The Labute approximate surface area is 106 Å². The second kappa shape index (κ2) is 4.69. The summed E-state index contributed by atoms with van der Waals surface area (Å²) in [7, 11) is 0. The zero-order chi connectivity index (χ0) is 12.5. The van der Waals surface area contributed by atoms with Crippen molar-refractivity contribution < 1.29 is 9.18 Å². The first-order chi connectivity index (χ1) is 8.06. The van der Waals surface area contributed by atoms with E-state index >= 15 is 0 Å². The first-order valence-electron chi connectivity index (χ1n) is 5.72. The molecular weight excluding hydrogens is 237 g/mol. The van der Waals surface area contributed by atoms with E-state index in [0.29, 0.717) is 12.0 Å². The van der Waals surface area contributed by atoms with Gasteiger partial charge in [-0.25, -0.2) is 4.39 Å². The minimum atomic E-state index is -0.350. The molecule has 0 aromatic heterocycles. The number of nitrogens with one attached hydrogen (secondary N) is 1. The third-order valence-corrected chi connectivity index (χ3v) is 3.96. The van der Waals surface area contributed by atoms with E-state index in [2.05, 4.69) is 17.9 Å². The molecule has 2 nitrogen and oxygen atoms in total. The topological polar surface area (TPSA) is 29.1 Å². The fraction of sp³-hybridized carbons (Fsp3) is 0.462. The molecule has 1 aromatic rings. The van der Waals surface area contributed by atoms with Crippen molar-refractivity contribution in [3.05, 3.63) is 29.6 Å². The third kappa shape index (κ3) is 2.80. The molecule has 1 aromatic carbocycles. The number of thiol groups is 1. The average Bonchev–Trinajstić information content (AvgIpc) is 3.05. The number of carbonyl (C=O) groups excluding carboxylic acids is 1. The molecule has 92 valence electrons. The van der Waals surface area contributed by atoms with Crippen molar-refractivity contribution in [2.24, 2.45) is 5.41 Å². The molecule has 0 heterocycles. The lowest BCUT2D eigenvalue weighted by atomic mass is 10.0. The third-order valence-electron chi connectivity index (χ3n) is 3.29. The van der Waals surface area contributed by atoms with E-state index in [1.807, 2.05) is 0 Å². The molecule has 1 amide bonds. The second-order valence-electron chi connectivity index (χ2n) is 4.82.